The lowest BCUT2D eigenvalue weighted by Gasteiger charge is -2.20. The van der Waals surface area contributed by atoms with Crippen molar-refractivity contribution in [1.82, 2.24) is 19.7 Å². The van der Waals surface area contributed by atoms with Gasteiger partial charge < -0.3 is 19.4 Å². The van der Waals surface area contributed by atoms with Crippen LogP contribution in [0.25, 0.3) is 10.9 Å². The summed E-state index contributed by atoms with van der Waals surface area (Å²) in [6.07, 6.45) is 0.766. The van der Waals surface area contributed by atoms with E-state index in [1.54, 1.807) is 0 Å². The summed E-state index contributed by atoms with van der Waals surface area (Å²) in [6, 6.07) is 3.90. The molecule has 1 fully saturated rings. The Kier molecular flexibility index (Phi) is 5.89. The number of hydrogen-bond acceptors (Lipinski definition) is 6. The summed E-state index contributed by atoms with van der Waals surface area (Å²) in [5, 5.41) is 12.5. The number of H-pyrrole nitrogens is 1. The summed E-state index contributed by atoms with van der Waals surface area (Å²) in [7, 11) is 1.33. The Morgan fingerprint density at radius 1 is 1.39 bits per heavy atom. The molecule has 0 bridgehead atoms. The number of rotatable bonds is 5. The van der Waals surface area contributed by atoms with Gasteiger partial charge in [0.1, 0.15) is 5.82 Å². The number of methoxy groups -OCH3 is 1. The Morgan fingerprint density at radius 2 is 2.16 bits per heavy atom. The molecular formula is C21H25Cl2N5O3. The van der Waals surface area contributed by atoms with Crippen LogP contribution in [0.1, 0.15) is 55.1 Å². The van der Waals surface area contributed by atoms with E-state index in [2.05, 4.69) is 41.3 Å². The van der Waals surface area contributed by atoms with Crippen molar-refractivity contribution in [2.45, 2.75) is 45.2 Å². The van der Waals surface area contributed by atoms with Crippen LogP contribution in [0, 0.1) is 0 Å². The van der Waals surface area contributed by atoms with Crippen LogP contribution in [0.2, 0.25) is 10.2 Å². The van der Waals surface area contributed by atoms with Crippen molar-refractivity contribution in [3.8, 4) is 0 Å². The van der Waals surface area contributed by atoms with E-state index in [1.165, 1.54) is 7.11 Å². The van der Waals surface area contributed by atoms with Crippen LogP contribution in [0.15, 0.2) is 12.1 Å². The molecule has 0 unspecified atom stereocenters. The number of nitrogens with zero attached hydrogens (tertiary/aromatic N) is 3. The highest BCUT2D eigenvalue weighted by molar-refractivity contribution is 6.32. The molecular weight excluding hydrogens is 441 g/mol. The molecule has 2 aromatic heterocycles. The zero-order chi connectivity index (χ0) is 22.3. The molecule has 4 rings (SSSR count). The van der Waals surface area contributed by atoms with Crippen molar-refractivity contribution in [2.75, 3.05) is 25.6 Å². The number of halogens is 2. The smallest absolute Gasteiger partial charge is 0.357 e. The second-order valence-electron chi connectivity index (χ2n) is 8.60. The Morgan fingerprint density at radius 3 is 2.81 bits per heavy atom. The van der Waals surface area contributed by atoms with Gasteiger partial charge in [-0.15, -0.1) is 0 Å². The Hall–Kier alpha value is -2.29. The predicted molar refractivity (Wildman–Crippen MR) is 120 cm³/mol. The fourth-order valence-corrected chi connectivity index (χ4v) is 4.59. The molecule has 1 aliphatic rings. The van der Waals surface area contributed by atoms with Crippen molar-refractivity contribution >= 4 is 45.9 Å². The largest absolute Gasteiger partial charge is 0.464 e. The zero-order valence-corrected chi connectivity index (χ0v) is 19.4. The maximum Gasteiger partial charge on any atom is 0.357 e. The van der Waals surface area contributed by atoms with E-state index in [9.17, 15) is 4.79 Å². The molecule has 1 aromatic carbocycles. The number of nitrogens with one attached hydrogen (secondary N) is 2. The van der Waals surface area contributed by atoms with Crippen LogP contribution >= 0.6 is 23.2 Å². The maximum atomic E-state index is 12.3. The van der Waals surface area contributed by atoms with Gasteiger partial charge in [-0.1, -0.05) is 44.0 Å². The first kappa shape index (κ1) is 21.9. The van der Waals surface area contributed by atoms with Gasteiger partial charge in [-0.05, 0) is 29.5 Å². The van der Waals surface area contributed by atoms with Crippen LogP contribution in [0.5, 0.6) is 0 Å². The predicted octanol–water partition coefficient (Wildman–Crippen LogP) is 4.72. The average Bonchev–Trinajstić information content (AvgIpc) is 3.42. The third-order valence-corrected chi connectivity index (χ3v) is 6.04. The lowest BCUT2D eigenvalue weighted by Crippen LogP contribution is -2.20. The van der Waals surface area contributed by atoms with Gasteiger partial charge in [0.25, 0.3) is 0 Å². The van der Waals surface area contributed by atoms with Crippen LogP contribution in [-0.2, 0) is 21.4 Å². The molecule has 8 nitrogen and oxygen atoms in total. The van der Waals surface area contributed by atoms with E-state index in [1.807, 2.05) is 16.7 Å². The molecule has 1 atom stereocenters. The lowest BCUT2D eigenvalue weighted by atomic mass is 9.86. The van der Waals surface area contributed by atoms with E-state index in [-0.39, 0.29) is 22.3 Å². The third kappa shape index (κ3) is 4.12. The summed E-state index contributed by atoms with van der Waals surface area (Å²) in [6.45, 7) is 7.77. The summed E-state index contributed by atoms with van der Waals surface area (Å²) in [5.74, 6) is 0.762. The molecule has 166 valence electrons. The lowest BCUT2D eigenvalue weighted by molar-refractivity contribution is 0.0585. The highest BCUT2D eigenvalue weighted by atomic mass is 35.5. The molecule has 2 N–H and O–H groups in total. The number of aromatic amines is 1. The quantitative estimate of drug-likeness (QED) is 0.529. The van der Waals surface area contributed by atoms with Crippen LogP contribution in [-0.4, -0.2) is 46.0 Å². The van der Waals surface area contributed by atoms with E-state index < -0.39 is 5.97 Å². The number of benzene rings is 1. The van der Waals surface area contributed by atoms with Gasteiger partial charge in [-0.25, -0.2) is 9.78 Å². The minimum absolute atomic E-state index is 0.0341. The molecule has 31 heavy (non-hydrogen) atoms. The molecule has 3 heterocycles. The SMILES string of the molecule is COC(=O)c1c(Cl)nc(CNc2n[nH]c3cc(Cl)c(C(C)(C)C)cc23)n1[C@H]1CCOC1. The van der Waals surface area contributed by atoms with Crippen LogP contribution in [0.3, 0.4) is 0 Å². The highest BCUT2D eigenvalue weighted by Crippen LogP contribution is 2.35. The maximum absolute atomic E-state index is 12.3. The Bertz CT molecular complexity index is 1130. The number of carbonyl (C=O) groups excluding carboxylic acids is 1. The number of imidazole rings is 1. The minimum Gasteiger partial charge on any atom is -0.464 e. The van der Waals surface area contributed by atoms with Crippen molar-refractivity contribution in [3.63, 3.8) is 0 Å². The normalized spacial score (nSPS) is 16.8. The molecule has 0 amide bonds. The molecule has 0 aliphatic carbocycles. The van der Waals surface area contributed by atoms with Crippen molar-refractivity contribution in [3.05, 3.63) is 39.4 Å². The first-order valence-electron chi connectivity index (χ1n) is 10.0. The number of fused-ring (bicyclic) bond motifs is 1. The standard InChI is InChI=1S/C21H25Cl2N5O3/c1-21(2,3)13-7-12-15(8-14(13)22)26-27-19(12)24-9-16-25-18(23)17(20(29)30-4)28(16)11-5-6-31-10-11/h7-8,11H,5-6,9-10H2,1-4H3,(H2,24,26,27)/t11-/m0/s1. The van der Waals surface area contributed by atoms with Gasteiger partial charge in [0, 0.05) is 17.0 Å². The summed E-state index contributed by atoms with van der Waals surface area (Å²) >= 11 is 12.8. The van der Waals surface area contributed by atoms with Gasteiger partial charge >= 0.3 is 5.97 Å². The van der Waals surface area contributed by atoms with E-state index in [0.717, 1.165) is 22.9 Å². The zero-order valence-electron chi connectivity index (χ0n) is 17.9. The van der Waals surface area contributed by atoms with E-state index in [0.29, 0.717) is 36.4 Å². The van der Waals surface area contributed by atoms with Gasteiger partial charge in [0.15, 0.2) is 16.7 Å². The first-order chi connectivity index (χ1) is 14.7. The monoisotopic (exact) mass is 465 g/mol. The van der Waals surface area contributed by atoms with Crippen LogP contribution < -0.4 is 5.32 Å². The topological polar surface area (TPSA) is 94.1 Å². The number of aromatic nitrogens is 4. The first-order valence-corrected chi connectivity index (χ1v) is 10.8. The van der Waals surface area contributed by atoms with Gasteiger partial charge in [0.05, 0.1) is 31.8 Å². The molecule has 1 aliphatic heterocycles. The Labute approximate surface area is 190 Å². The number of ether oxygens (including phenoxy) is 2. The fraction of sp³-hybridized carbons (Fsp3) is 0.476. The second kappa shape index (κ2) is 8.33. The second-order valence-corrected chi connectivity index (χ2v) is 9.37. The molecule has 0 spiro atoms. The molecule has 0 saturated carbocycles. The fourth-order valence-electron chi connectivity index (χ4n) is 3.88. The van der Waals surface area contributed by atoms with Gasteiger partial charge in [0.2, 0.25) is 0 Å². The van der Waals surface area contributed by atoms with Gasteiger partial charge in [-0.2, -0.15) is 5.10 Å². The number of esters is 1. The van der Waals surface area contributed by atoms with E-state index in [4.69, 9.17) is 32.7 Å². The summed E-state index contributed by atoms with van der Waals surface area (Å²) < 4.78 is 12.3. The Balaban J connectivity index is 1.68. The van der Waals surface area contributed by atoms with Crippen LogP contribution in [0.4, 0.5) is 5.82 Å². The minimum atomic E-state index is -0.523. The highest BCUT2D eigenvalue weighted by Gasteiger charge is 2.30. The summed E-state index contributed by atoms with van der Waals surface area (Å²) in [5.41, 5.74) is 2.00. The third-order valence-electron chi connectivity index (χ3n) is 5.46. The summed E-state index contributed by atoms with van der Waals surface area (Å²) in [4.78, 5) is 16.8. The molecule has 0 radical (unpaired) electrons. The number of hydrogen-bond donors (Lipinski definition) is 2. The number of anilines is 1. The molecule has 1 saturated heterocycles. The molecule has 10 heteroatoms. The van der Waals surface area contributed by atoms with Crippen molar-refractivity contribution in [1.29, 1.82) is 0 Å². The van der Waals surface area contributed by atoms with E-state index >= 15 is 0 Å². The molecule has 3 aromatic rings. The number of carbonyl (C=O) groups is 1. The van der Waals surface area contributed by atoms with Gasteiger partial charge in [-0.3, -0.25) is 5.10 Å². The average molecular weight is 466 g/mol. The van der Waals surface area contributed by atoms with Crippen molar-refractivity contribution < 1.29 is 14.3 Å². The van der Waals surface area contributed by atoms with Crippen molar-refractivity contribution in [2.24, 2.45) is 0 Å².